The average Bonchev–Trinajstić information content (AvgIpc) is 3.28. The molecule has 0 aromatic heterocycles. The van der Waals surface area contributed by atoms with E-state index in [0.29, 0.717) is 17.9 Å². The number of carboxylic acids is 1. The summed E-state index contributed by atoms with van der Waals surface area (Å²) in [7, 11) is 0. The molecule has 2 N–H and O–H groups in total. The van der Waals surface area contributed by atoms with Crippen LogP contribution in [0.4, 0.5) is 0 Å². The van der Waals surface area contributed by atoms with Gasteiger partial charge in [-0.3, -0.25) is 4.79 Å². The molecular formula is C17H23NO4. The number of carboxylic acid groups (broad SMARTS) is 1. The SMILES string of the molecule is CC(C)C[C@H](NC(=O)c1ccc(OCC2CC2)cc1)C(=O)O. The van der Waals surface area contributed by atoms with Crippen molar-refractivity contribution in [2.45, 2.75) is 39.2 Å². The second kappa shape index (κ2) is 7.29. The van der Waals surface area contributed by atoms with E-state index in [1.165, 1.54) is 12.8 Å². The van der Waals surface area contributed by atoms with Crippen LogP contribution in [0.5, 0.6) is 5.75 Å². The van der Waals surface area contributed by atoms with Crippen LogP contribution in [0.15, 0.2) is 24.3 Å². The van der Waals surface area contributed by atoms with E-state index in [9.17, 15) is 9.59 Å². The van der Waals surface area contributed by atoms with Gasteiger partial charge in [0.15, 0.2) is 0 Å². The number of carbonyl (C=O) groups excluding carboxylic acids is 1. The van der Waals surface area contributed by atoms with Gasteiger partial charge in [0.1, 0.15) is 11.8 Å². The zero-order chi connectivity index (χ0) is 16.1. The molecule has 1 aromatic rings. The first kappa shape index (κ1) is 16.3. The van der Waals surface area contributed by atoms with Crippen molar-refractivity contribution in [3.05, 3.63) is 29.8 Å². The highest BCUT2D eigenvalue weighted by Crippen LogP contribution is 2.29. The van der Waals surface area contributed by atoms with E-state index in [1.54, 1.807) is 24.3 Å². The number of amides is 1. The zero-order valence-electron chi connectivity index (χ0n) is 13.0. The Kier molecular flexibility index (Phi) is 5.41. The maximum absolute atomic E-state index is 12.1. The fourth-order valence-corrected chi connectivity index (χ4v) is 2.14. The highest BCUT2D eigenvalue weighted by Gasteiger charge is 2.23. The van der Waals surface area contributed by atoms with E-state index >= 15 is 0 Å². The van der Waals surface area contributed by atoms with Crippen molar-refractivity contribution in [1.29, 1.82) is 0 Å². The molecule has 0 spiro atoms. The van der Waals surface area contributed by atoms with Crippen molar-refractivity contribution in [2.75, 3.05) is 6.61 Å². The van der Waals surface area contributed by atoms with Gasteiger partial charge in [0.05, 0.1) is 6.61 Å². The van der Waals surface area contributed by atoms with Crippen LogP contribution < -0.4 is 10.1 Å². The molecule has 0 radical (unpaired) electrons. The van der Waals surface area contributed by atoms with Crippen molar-refractivity contribution in [3.63, 3.8) is 0 Å². The Balaban J connectivity index is 1.91. The third-order valence-corrected chi connectivity index (χ3v) is 3.61. The summed E-state index contributed by atoms with van der Waals surface area (Å²) in [6.07, 6.45) is 2.86. The zero-order valence-corrected chi connectivity index (χ0v) is 13.0. The van der Waals surface area contributed by atoms with Crippen LogP contribution in [0.1, 0.15) is 43.5 Å². The van der Waals surface area contributed by atoms with Crippen LogP contribution >= 0.6 is 0 Å². The third kappa shape index (κ3) is 5.06. The third-order valence-electron chi connectivity index (χ3n) is 3.61. The highest BCUT2D eigenvalue weighted by atomic mass is 16.5. The van der Waals surface area contributed by atoms with E-state index in [1.807, 2.05) is 13.8 Å². The van der Waals surface area contributed by atoms with Crippen LogP contribution in [0.3, 0.4) is 0 Å². The minimum Gasteiger partial charge on any atom is -0.493 e. The fourth-order valence-electron chi connectivity index (χ4n) is 2.14. The Bertz CT molecular complexity index is 520. The van der Waals surface area contributed by atoms with Crippen LogP contribution in [0.2, 0.25) is 0 Å². The molecule has 1 fully saturated rings. The van der Waals surface area contributed by atoms with Crippen molar-refractivity contribution in [2.24, 2.45) is 11.8 Å². The summed E-state index contributed by atoms with van der Waals surface area (Å²) >= 11 is 0. The topological polar surface area (TPSA) is 75.6 Å². The Morgan fingerprint density at radius 3 is 2.41 bits per heavy atom. The first-order valence-electron chi connectivity index (χ1n) is 7.72. The molecule has 0 heterocycles. The van der Waals surface area contributed by atoms with Gasteiger partial charge >= 0.3 is 5.97 Å². The van der Waals surface area contributed by atoms with E-state index in [4.69, 9.17) is 9.84 Å². The van der Waals surface area contributed by atoms with Gasteiger partial charge in [0, 0.05) is 5.56 Å². The Hall–Kier alpha value is -2.04. The molecule has 1 aliphatic carbocycles. The number of hydrogen-bond acceptors (Lipinski definition) is 3. The molecule has 22 heavy (non-hydrogen) atoms. The predicted octanol–water partition coefficient (Wildman–Crippen LogP) is 2.70. The van der Waals surface area contributed by atoms with E-state index in [-0.39, 0.29) is 11.8 Å². The van der Waals surface area contributed by atoms with Gasteiger partial charge in [0.2, 0.25) is 0 Å². The number of hydrogen-bond donors (Lipinski definition) is 2. The lowest BCUT2D eigenvalue weighted by Gasteiger charge is -2.16. The van der Waals surface area contributed by atoms with Crippen LogP contribution in [0.25, 0.3) is 0 Å². The van der Waals surface area contributed by atoms with Gasteiger partial charge in [-0.15, -0.1) is 0 Å². The molecule has 1 aromatic carbocycles. The lowest BCUT2D eigenvalue weighted by atomic mass is 10.0. The number of carbonyl (C=O) groups is 2. The lowest BCUT2D eigenvalue weighted by Crippen LogP contribution is -2.41. The Labute approximate surface area is 130 Å². The van der Waals surface area contributed by atoms with Gasteiger partial charge < -0.3 is 15.2 Å². The number of nitrogens with one attached hydrogen (secondary N) is 1. The average molecular weight is 305 g/mol. The highest BCUT2D eigenvalue weighted by molar-refractivity contribution is 5.96. The molecule has 120 valence electrons. The summed E-state index contributed by atoms with van der Waals surface area (Å²) < 4.78 is 5.61. The van der Waals surface area contributed by atoms with Crippen LogP contribution in [0, 0.1) is 11.8 Å². The summed E-state index contributed by atoms with van der Waals surface area (Å²) in [5, 5.41) is 11.7. The maximum Gasteiger partial charge on any atom is 0.326 e. The molecule has 5 heteroatoms. The molecule has 1 aliphatic rings. The minimum atomic E-state index is -1.01. The summed E-state index contributed by atoms with van der Waals surface area (Å²) in [6, 6.07) is 5.95. The molecule has 1 saturated carbocycles. The van der Waals surface area contributed by atoms with Crippen LogP contribution in [-0.4, -0.2) is 29.6 Å². The summed E-state index contributed by atoms with van der Waals surface area (Å²) in [6.45, 7) is 4.57. The molecule has 1 amide bonds. The van der Waals surface area contributed by atoms with Crippen molar-refractivity contribution in [1.82, 2.24) is 5.32 Å². The molecular weight excluding hydrogens is 282 g/mol. The number of rotatable bonds is 8. The summed E-state index contributed by atoms with van der Waals surface area (Å²) in [4.78, 5) is 23.3. The number of aliphatic carboxylic acids is 1. The molecule has 0 unspecified atom stereocenters. The van der Waals surface area contributed by atoms with E-state index in [2.05, 4.69) is 5.32 Å². The van der Waals surface area contributed by atoms with Crippen molar-refractivity contribution in [3.8, 4) is 5.75 Å². The molecule has 2 rings (SSSR count). The van der Waals surface area contributed by atoms with Gasteiger partial charge in [-0.05, 0) is 55.4 Å². The molecule has 0 saturated heterocycles. The van der Waals surface area contributed by atoms with Gasteiger partial charge in [0.25, 0.3) is 5.91 Å². The normalized spacial score (nSPS) is 15.4. The first-order valence-corrected chi connectivity index (χ1v) is 7.72. The monoisotopic (exact) mass is 305 g/mol. The quantitative estimate of drug-likeness (QED) is 0.774. The number of ether oxygens (including phenoxy) is 1. The fraction of sp³-hybridized carbons (Fsp3) is 0.529. The standard InChI is InChI=1S/C17H23NO4/c1-11(2)9-15(17(20)21)18-16(19)13-5-7-14(8-6-13)22-10-12-3-4-12/h5-8,11-12,15H,3-4,9-10H2,1-2H3,(H,18,19)(H,20,21)/t15-/m0/s1. The largest absolute Gasteiger partial charge is 0.493 e. The van der Waals surface area contributed by atoms with Crippen LogP contribution in [-0.2, 0) is 4.79 Å². The minimum absolute atomic E-state index is 0.194. The van der Waals surface area contributed by atoms with Gasteiger partial charge in [-0.1, -0.05) is 13.8 Å². The van der Waals surface area contributed by atoms with Gasteiger partial charge in [-0.2, -0.15) is 0 Å². The van der Waals surface area contributed by atoms with Crippen molar-refractivity contribution < 1.29 is 19.4 Å². The number of benzene rings is 1. The Morgan fingerprint density at radius 2 is 1.91 bits per heavy atom. The summed E-state index contributed by atoms with van der Waals surface area (Å²) in [5.41, 5.74) is 0.439. The van der Waals surface area contributed by atoms with Crippen molar-refractivity contribution >= 4 is 11.9 Å². The molecule has 0 bridgehead atoms. The smallest absolute Gasteiger partial charge is 0.326 e. The second-order valence-corrected chi connectivity index (χ2v) is 6.27. The predicted molar refractivity (Wildman–Crippen MR) is 83.0 cm³/mol. The molecule has 5 nitrogen and oxygen atoms in total. The lowest BCUT2D eigenvalue weighted by molar-refractivity contribution is -0.139. The van der Waals surface area contributed by atoms with Gasteiger partial charge in [-0.25, -0.2) is 4.79 Å². The molecule has 1 atom stereocenters. The first-order chi connectivity index (χ1) is 10.5. The second-order valence-electron chi connectivity index (χ2n) is 6.27. The maximum atomic E-state index is 12.1. The van der Waals surface area contributed by atoms with E-state index in [0.717, 1.165) is 12.4 Å². The summed E-state index contributed by atoms with van der Waals surface area (Å²) in [5.74, 6) is 0.226. The van der Waals surface area contributed by atoms with E-state index < -0.39 is 12.0 Å². The molecule has 0 aliphatic heterocycles. The Morgan fingerprint density at radius 1 is 1.27 bits per heavy atom.